The van der Waals surface area contributed by atoms with Gasteiger partial charge in [-0.05, 0) is 70.4 Å². The van der Waals surface area contributed by atoms with Crippen LogP contribution in [0.15, 0.2) is 60.7 Å². The number of aliphatic carboxylic acids is 1. The van der Waals surface area contributed by atoms with Crippen molar-refractivity contribution in [3.63, 3.8) is 0 Å². The summed E-state index contributed by atoms with van der Waals surface area (Å²) in [4.78, 5) is 117. The zero-order chi connectivity index (χ0) is 50.8. The number of nitrogens with one attached hydrogen (secondary N) is 6. The Kier molecular flexibility index (Phi) is 25.3. The molecule has 0 saturated carbocycles. The number of methoxy groups -OCH3 is 1. The summed E-state index contributed by atoms with van der Waals surface area (Å²) in [5.74, 6) is -6.99. The number of carbonyl (C=O) groups excluding carboxylic acids is 8. The number of carboxylic acids is 1. The highest BCUT2D eigenvalue weighted by Gasteiger charge is 2.36. The summed E-state index contributed by atoms with van der Waals surface area (Å²) in [5.41, 5.74) is 5.95. The lowest BCUT2D eigenvalue weighted by Crippen LogP contribution is -2.62. The van der Waals surface area contributed by atoms with Crippen molar-refractivity contribution in [2.45, 2.75) is 142 Å². The number of benzene rings is 2. The normalized spacial score (nSPS) is 13.8. The van der Waals surface area contributed by atoms with Gasteiger partial charge in [-0.25, -0.2) is 9.59 Å². The molecule has 2 aromatic rings. The zero-order valence-electron chi connectivity index (χ0n) is 39.9. The van der Waals surface area contributed by atoms with Crippen LogP contribution in [0.25, 0.3) is 0 Å². The van der Waals surface area contributed by atoms with Gasteiger partial charge in [0, 0.05) is 13.0 Å². The van der Waals surface area contributed by atoms with E-state index in [0.717, 1.165) is 18.2 Å². The highest BCUT2D eigenvalue weighted by Crippen LogP contribution is 2.13. The van der Waals surface area contributed by atoms with Gasteiger partial charge in [0.2, 0.25) is 35.4 Å². The van der Waals surface area contributed by atoms with Gasteiger partial charge < -0.3 is 61.7 Å². The van der Waals surface area contributed by atoms with E-state index in [-0.39, 0.29) is 51.4 Å². The van der Waals surface area contributed by atoms with Gasteiger partial charge >= 0.3 is 18.0 Å². The highest BCUT2D eigenvalue weighted by atomic mass is 16.6. The second-order valence-corrected chi connectivity index (χ2v) is 17.4. The number of primary amides is 1. The lowest BCUT2D eigenvalue weighted by atomic mass is 10.0. The molecule has 0 bridgehead atoms. The van der Waals surface area contributed by atoms with Crippen LogP contribution >= 0.6 is 0 Å². The molecule has 21 heteroatoms. The van der Waals surface area contributed by atoms with Crippen molar-refractivity contribution >= 4 is 53.5 Å². The smallest absolute Gasteiger partial charge is 0.408 e. The van der Waals surface area contributed by atoms with E-state index in [1.54, 1.807) is 83.1 Å². The van der Waals surface area contributed by atoms with Crippen molar-refractivity contribution < 1.29 is 67.2 Å². The van der Waals surface area contributed by atoms with E-state index in [4.69, 9.17) is 29.8 Å². The molecule has 9 N–H and O–H groups in total. The molecule has 2 aromatic carbocycles. The quantitative estimate of drug-likeness (QED) is 0.0410. The Labute approximate surface area is 397 Å². The number of nitrogens with two attached hydrogens (primary N) is 1. The SMILES string of the molecule is COC(=O)[C@H](CCCCNC(=O)CCC(=O)O)NC(=O)[C@@H](NC(=O)[C@H](COCc1ccccc1)NC(=O)[C@H](CC(C)C)NC(=O)[C@H](CC(N)=O)NC(=O)OC(C)(C)C)[C@@H](C)OCc1ccccc1. The number of amides is 7. The third-order valence-corrected chi connectivity index (χ3v) is 9.80. The zero-order valence-corrected chi connectivity index (χ0v) is 39.9. The number of ether oxygens (including phenoxy) is 4. The first-order valence-electron chi connectivity index (χ1n) is 22.4. The van der Waals surface area contributed by atoms with Gasteiger partial charge in [0.15, 0.2) is 0 Å². The van der Waals surface area contributed by atoms with E-state index in [2.05, 4.69) is 31.9 Å². The summed E-state index contributed by atoms with van der Waals surface area (Å²) in [5, 5.41) is 24.3. The van der Waals surface area contributed by atoms with Crippen molar-refractivity contribution in [3.8, 4) is 0 Å². The van der Waals surface area contributed by atoms with E-state index in [9.17, 15) is 43.2 Å². The van der Waals surface area contributed by atoms with E-state index in [0.29, 0.717) is 12.8 Å². The van der Waals surface area contributed by atoms with Crippen LogP contribution < -0.4 is 37.6 Å². The molecule has 0 fully saturated rings. The van der Waals surface area contributed by atoms with Crippen molar-refractivity contribution in [1.82, 2.24) is 31.9 Å². The molecule has 0 radical (unpaired) electrons. The van der Waals surface area contributed by atoms with Gasteiger partial charge in [0.05, 0.1) is 45.9 Å². The molecule has 0 heterocycles. The minimum absolute atomic E-state index is 0.0190. The fraction of sp³-hybridized carbons (Fsp3) is 0.553. The van der Waals surface area contributed by atoms with Crippen LogP contribution in [0.3, 0.4) is 0 Å². The predicted molar refractivity (Wildman–Crippen MR) is 247 cm³/mol. The third-order valence-electron chi connectivity index (χ3n) is 9.80. The number of carboxylic acid groups (broad SMARTS) is 1. The van der Waals surface area contributed by atoms with E-state index in [1.807, 2.05) is 12.1 Å². The molecule has 0 aliphatic rings. The topological polar surface area (TPSA) is 309 Å². The molecule has 0 saturated heterocycles. The Balaban J connectivity index is 2.43. The fourth-order valence-electron chi connectivity index (χ4n) is 6.37. The summed E-state index contributed by atoms with van der Waals surface area (Å²) in [6.45, 7) is 9.71. The first-order chi connectivity index (χ1) is 32.1. The van der Waals surface area contributed by atoms with Crippen LogP contribution in [0.4, 0.5) is 4.79 Å². The van der Waals surface area contributed by atoms with Crippen molar-refractivity contribution in [3.05, 3.63) is 71.8 Å². The molecule has 2 rings (SSSR count). The Hall–Kier alpha value is -6.61. The van der Waals surface area contributed by atoms with Crippen molar-refractivity contribution in [2.24, 2.45) is 11.7 Å². The van der Waals surface area contributed by atoms with Crippen LogP contribution in [-0.2, 0) is 70.5 Å². The van der Waals surface area contributed by atoms with E-state index >= 15 is 0 Å². The van der Waals surface area contributed by atoms with Crippen LogP contribution in [0.2, 0.25) is 0 Å². The minimum atomic E-state index is -1.53. The Morgan fingerprint density at radius 2 is 1.24 bits per heavy atom. The molecule has 0 unspecified atom stereocenters. The van der Waals surface area contributed by atoms with E-state index < -0.39 is 108 Å². The van der Waals surface area contributed by atoms with Gasteiger partial charge in [-0.3, -0.25) is 33.6 Å². The molecule has 21 nitrogen and oxygen atoms in total. The molecular weight excluding hydrogens is 887 g/mol. The Morgan fingerprint density at radius 3 is 1.79 bits per heavy atom. The molecule has 7 amide bonds. The standard InChI is InChI=1S/C47H69N7O14/c1-29(2)24-34(51-42(60)35(25-37(48)55)53-46(64)68-47(4,5)6)41(59)52-36(28-66-26-31-16-10-8-11-17-31)43(61)54-40(30(3)67-27-32-18-12-9-13-19-32)44(62)50-33(45(63)65-7)20-14-15-23-49-38(56)21-22-39(57)58/h8-13,16-19,29-30,33-36,40H,14-15,20-28H2,1-7H3,(H2,48,55)(H,49,56)(H,50,62)(H,51,60)(H,52,59)(H,53,64)(H,54,61)(H,57,58)/t30-,33+,34+,35+,36+,40+/m1/s1. The third kappa shape index (κ3) is 23.7. The molecule has 0 aliphatic heterocycles. The summed E-state index contributed by atoms with van der Waals surface area (Å²) in [7, 11) is 1.14. The molecule has 0 aromatic heterocycles. The van der Waals surface area contributed by atoms with E-state index in [1.165, 1.54) is 6.92 Å². The molecule has 376 valence electrons. The number of hydrogen-bond acceptors (Lipinski definition) is 13. The number of hydrogen-bond donors (Lipinski definition) is 8. The lowest BCUT2D eigenvalue weighted by molar-refractivity contribution is -0.146. The first kappa shape index (κ1) is 57.5. The van der Waals surface area contributed by atoms with Crippen LogP contribution in [0, 0.1) is 5.92 Å². The minimum Gasteiger partial charge on any atom is -0.481 e. The maximum atomic E-state index is 14.4. The summed E-state index contributed by atoms with van der Waals surface area (Å²) < 4.78 is 22.2. The Bertz CT molecular complexity index is 1960. The fourth-order valence-corrected chi connectivity index (χ4v) is 6.37. The second kappa shape index (κ2) is 29.9. The van der Waals surface area contributed by atoms with Crippen LogP contribution in [0.5, 0.6) is 0 Å². The maximum absolute atomic E-state index is 14.4. The molecule has 0 aliphatic carbocycles. The molecule has 0 spiro atoms. The molecule has 68 heavy (non-hydrogen) atoms. The second-order valence-electron chi connectivity index (χ2n) is 17.4. The Morgan fingerprint density at radius 1 is 0.676 bits per heavy atom. The molecule has 6 atom stereocenters. The monoisotopic (exact) mass is 955 g/mol. The summed E-state index contributed by atoms with van der Waals surface area (Å²) in [6.07, 6.45) is -2.42. The van der Waals surface area contributed by atoms with Crippen LogP contribution in [-0.4, -0.2) is 121 Å². The average molecular weight is 956 g/mol. The lowest BCUT2D eigenvalue weighted by Gasteiger charge is -2.29. The largest absolute Gasteiger partial charge is 0.481 e. The average Bonchev–Trinajstić information content (AvgIpc) is 3.27. The number of carbonyl (C=O) groups is 9. The van der Waals surface area contributed by atoms with Gasteiger partial charge in [-0.2, -0.15) is 0 Å². The van der Waals surface area contributed by atoms with Gasteiger partial charge in [0.25, 0.3) is 0 Å². The highest BCUT2D eigenvalue weighted by molar-refractivity contribution is 5.97. The predicted octanol–water partition coefficient (Wildman–Crippen LogP) is 1.89. The summed E-state index contributed by atoms with van der Waals surface area (Å²) >= 11 is 0. The maximum Gasteiger partial charge on any atom is 0.408 e. The number of alkyl carbamates (subject to hydrolysis) is 1. The van der Waals surface area contributed by atoms with Crippen molar-refractivity contribution in [2.75, 3.05) is 20.3 Å². The van der Waals surface area contributed by atoms with Gasteiger partial charge in [-0.1, -0.05) is 74.5 Å². The van der Waals surface area contributed by atoms with Gasteiger partial charge in [0.1, 0.15) is 35.8 Å². The first-order valence-corrected chi connectivity index (χ1v) is 22.4. The van der Waals surface area contributed by atoms with Crippen LogP contribution in [0.1, 0.15) is 97.6 Å². The van der Waals surface area contributed by atoms with Gasteiger partial charge in [-0.15, -0.1) is 0 Å². The summed E-state index contributed by atoms with van der Waals surface area (Å²) in [6, 6.07) is 10.9. The number of unbranched alkanes of at least 4 members (excludes halogenated alkanes) is 1. The molecular formula is C47H69N7O14. The number of rotatable bonds is 30. The number of esters is 1. The van der Waals surface area contributed by atoms with Crippen molar-refractivity contribution in [1.29, 1.82) is 0 Å².